The third-order valence-electron chi connectivity index (χ3n) is 6.31. The zero-order valence-corrected chi connectivity index (χ0v) is 17.2. The van der Waals surface area contributed by atoms with Crippen molar-refractivity contribution < 1.29 is 9.59 Å². The highest BCUT2D eigenvalue weighted by atomic mass is 16.2. The summed E-state index contributed by atoms with van der Waals surface area (Å²) >= 11 is 0. The second-order valence-corrected chi connectivity index (χ2v) is 8.31. The van der Waals surface area contributed by atoms with Crippen molar-refractivity contribution >= 4 is 11.8 Å². The van der Waals surface area contributed by atoms with Gasteiger partial charge in [0.2, 0.25) is 5.91 Å². The van der Waals surface area contributed by atoms with Gasteiger partial charge in [-0.2, -0.15) is 5.10 Å². The Bertz CT molecular complexity index is 848. The lowest BCUT2D eigenvalue weighted by Crippen LogP contribution is -2.56. The van der Waals surface area contributed by atoms with Crippen LogP contribution in [0.15, 0.2) is 42.6 Å². The van der Waals surface area contributed by atoms with Crippen LogP contribution in [-0.2, 0) is 18.3 Å². The Morgan fingerprint density at radius 2 is 1.93 bits per heavy atom. The summed E-state index contributed by atoms with van der Waals surface area (Å²) in [5, 5.41) is 4.29. The molecule has 0 unspecified atom stereocenters. The van der Waals surface area contributed by atoms with Gasteiger partial charge >= 0.3 is 0 Å². The molecule has 2 aliphatic rings. The highest BCUT2D eigenvalue weighted by Gasteiger charge is 2.39. The number of aromatic nitrogens is 2. The van der Waals surface area contributed by atoms with Crippen LogP contribution in [-0.4, -0.2) is 57.1 Å². The van der Waals surface area contributed by atoms with Crippen molar-refractivity contribution in [3.63, 3.8) is 0 Å². The number of fused-ring (bicyclic) bond motifs is 1. The Balaban J connectivity index is 1.31. The number of hydrogen-bond donors (Lipinski definition) is 0. The van der Waals surface area contributed by atoms with E-state index in [1.54, 1.807) is 10.7 Å². The predicted octanol–water partition coefficient (Wildman–Crippen LogP) is 2.90. The van der Waals surface area contributed by atoms with E-state index in [4.69, 9.17) is 0 Å². The van der Waals surface area contributed by atoms with Crippen molar-refractivity contribution in [2.75, 3.05) is 19.6 Å². The van der Waals surface area contributed by atoms with E-state index >= 15 is 0 Å². The molecule has 2 amide bonds. The molecule has 0 radical (unpaired) electrons. The van der Waals surface area contributed by atoms with E-state index in [0.29, 0.717) is 18.0 Å². The van der Waals surface area contributed by atoms with Gasteiger partial charge in [-0.1, -0.05) is 30.3 Å². The molecule has 1 aromatic carbocycles. The molecule has 3 heterocycles. The lowest BCUT2D eigenvalue weighted by molar-refractivity contribution is -0.134. The molecule has 6 heteroatoms. The molecule has 154 valence electrons. The van der Waals surface area contributed by atoms with E-state index in [2.05, 4.69) is 17.2 Å². The predicted molar refractivity (Wildman–Crippen MR) is 111 cm³/mol. The number of carbonyl (C=O) groups excluding carboxylic acids is 2. The molecule has 2 atom stereocenters. The molecule has 1 aromatic heterocycles. The van der Waals surface area contributed by atoms with Crippen molar-refractivity contribution in [3.8, 4) is 0 Å². The van der Waals surface area contributed by atoms with Gasteiger partial charge < -0.3 is 9.80 Å². The van der Waals surface area contributed by atoms with Crippen LogP contribution in [0.25, 0.3) is 0 Å². The second-order valence-electron chi connectivity index (χ2n) is 8.31. The van der Waals surface area contributed by atoms with Crippen LogP contribution in [0.2, 0.25) is 0 Å². The molecule has 0 bridgehead atoms. The molecule has 4 rings (SSSR count). The van der Waals surface area contributed by atoms with E-state index in [0.717, 1.165) is 51.7 Å². The minimum atomic E-state index is 0.0305. The van der Waals surface area contributed by atoms with E-state index in [-0.39, 0.29) is 17.9 Å². The topological polar surface area (TPSA) is 58.4 Å². The van der Waals surface area contributed by atoms with Crippen LogP contribution >= 0.6 is 0 Å². The molecule has 0 N–H and O–H groups in total. The Morgan fingerprint density at radius 1 is 1.10 bits per heavy atom. The number of hydrogen-bond acceptors (Lipinski definition) is 3. The summed E-state index contributed by atoms with van der Waals surface area (Å²) < 4.78 is 1.67. The number of piperidine rings is 2. The zero-order chi connectivity index (χ0) is 20.2. The second kappa shape index (κ2) is 8.80. The molecule has 0 spiro atoms. The Morgan fingerprint density at radius 3 is 2.69 bits per heavy atom. The van der Waals surface area contributed by atoms with E-state index in [1.807, 2.05) is 41.2 Å². The molecule has 6 nitrogen and oxygen atoms in total. The van der Waals surface area contributed by atoms with Gasteiger partial charge in [0.1, 0.15) is 5.69 Å². The van der Waals surface area contributed by atoms with E-state index in [1.165, 1.54) is 5.56 Å². The average Bonchev–Trinajstić information content (AvgIpc) is 3.19. The lowest BCUT2D eigenvalue weighted by atomic mass is 9.83. The first-order valence-corrected chi connectivity index (χ1v) is 10.7. The monoisotopic (exact) mass is 394 g/mol. The maximum Gasteiger partial charge on any atom is 0.274 e. The van der Waals surface area contributed by atoms with Crippen LogP contribution in [0.1, 0.15) is 48.2 Å². The van der Waals surface area contributed by atoms with Gasteiger partial charge in [0.25, 0.3) is 5.91 Å². The summed E-state index contributed by atoms with van der Waals surface area (Å²) in [6, 6.07) is 12.4. The van der Waals surface area contributed by atoms with Gasteiger partial charge in [-0.25, -0.2) is 0 Å². The highest BCUT2D eigenvalue weighted by molar-refractivity contribution is 5.92. The first-order chi connectivity index (χ1) is 14.1. The molecule has 2 aromatic rings. The lowest BCUT2D eigenvalue weighted by Gasteiger charge is -2.47. The zero-order valence-electron chi connectivity index (χ0n) is 17.2. The molecular weight excluding hydrogens is 364 g/mol. The van der Waals surface area contributed by atoms with Crippen molar-refractivity contribution in [2.45, 2.75) is 44.6 Å². The number of benzene rings is 1. The smallest absolute Gasteiger partial charge is 0.274 e. The van der Waals surface area contributed by atoms with Gasteiger partial charge in [-0.15, -0.1) is 0 Å². The summed E-state index contributed by atoms with van der Waals surface area (Å²) in [6.45, 7) is 2.32. The van der Waals surface area contributed by atoms with Gasteiger partial charge in [-0.05, 0) is 49.7 Å². The van der Waals surface area contributed by atoms with Crippen LogP contribution in [0.5, 0.6) is 0 Å². The quantitative estimate of drug-likeness (QED) is 0.784. The fraction of sp³-hybridized carbons (Fsp3) is 0.522. The number of likely N-dealkylation sites (tertiary alicyclic amines) is 2. The Hall–Kier alpha value is -2.63. The fourth-order valence-corrected chi connectivity index (χ4v) is 4.80. The van der Waals surface area contributed by atoms with Crippen LogP contribution in [0.3, 0.4) is 0 Å². The Kier molecular flexibility index (Phi) is 5.97. The minimum absolute atomic E-state index is 0.0305. The first kappa shape index (κ1) is 19.7. The number of carbonyl (C=O) groups is 2. The van der Waals surface area contributed by atoms with Crippen LogP contribution in [0, 0.1) is 5.92 Å². The van der Waals surface area contributed by atoms with E-state index < -0.39 is 0 Å². The van der Waals surface area contributed by atoms with Gasteiger partial charge in [0, 0.05) is 45.3 Å². The number of rotatable bonds is 5. The van der Waals surface area contributed by atoms with Crippen molar-refractivity contribution in [3.05, 3.63) is 53.9 Å². The third kappa shape index (κ3) is 4.52. The Labute approximate surface area is 172 Å². The maximum absolute atomic E-state index is 12.9. The van der Waals surface area contributed by atoms with Gasteiger partial charge in [0.15, 0.2) is 0 Å². The summed E-state index contributed by atoms with van der Waals surface area (Å²) in [5.74, 6) is 0.665. The van der Waals surface area contributed by atoms with E-state index in [9.17, 15) is 9.59 Å². The SMILES string of the molecule is Cn1ccc(C(=O)N2CCC[C@@H]3CN(C(=O)CCCc4ccccc4)CC[C@@H]32)n1. The minimum Gasteiger partial charge on any atom is -0.342 e. The van der Waals surface area contributed by atoms with Gasteiger partial charge in [-0.3, -0.25) is 14.3 Å². The van der Waals surface area contributed by atoms with Crippen molar-refractivity contribution in [2.24, 2.45) is 13.0 Å². The summed E-state index contributed by atoms with van der Waals surface area (Å²) in [7, 11) is 1.83. The average molecular weight is 395 g/mol. The fourth-order valence-electron chi connectivity index (χ4n) is 4.80. The molecule has 0 aliphatic carbocycles. The van der Waals surface area contributed by atoms with Crippen molar-refractivity contribution in [1.29, 1.82) is 0 Å². The molecule has 0 saturated carbocycles. The standard InChI is InChI=1S/C23H30N4O2/c1-25-15-12-20(24-25)23(29)27-14-6-10-19-17-26(16-13-21(19)27)22(28)11-5-9-18-7-3-2-4-8-18/h2-4,7-8,12,15,19,21H,5-6,9-11,13-14,16-17H2,1H3/t19-,21+/m1/s1. The normalized spacial score (nSPS) is 21.7. The maximum atomic E-state index is 12.9. The number of nitrogens with zero attached hydrogens (tertiary/aromatic N) is 4. The largest absolute Gasteiger partial charge is 0.342 e. The molecular formula is C23H30N4O2. The van der Waals surface area contributed by atoms with Crippen LogP contribution in [0.4, 0.5) is 0 Å². The van der Waals surface area contributed by atoms with Gasteiger partial charge in [0.05, 0.1) is 0 Å². The summed E-state index contributed by atoms with van der Waals surface area (Å²) in [5.41, 5.74) is 1.81. The summed E-state index contributed by atoms with van der Waals surface area (Å²) in [4.78, 5) is 29.7. The molecule has 2 aliphatic heterocycles. The third-order valence-corrected chi connectivity index (χ3v) is 6.31. The molecule has 2 saturated heterocycles. The van der Waals surface area contributed by atoms with Crippen molar-refractivity contribution in [1.82, 2.24) is 19.6 Å². The number of aryl methyl sites for hydroxylation is 2. The molecule has 29 heavy (non-hydrogen) atoms. The van der Waals surface area contributed by atoms with Crippen LogP contribution < -0.4 is 0 Å². The molecule has 2 fully saturated rings. The number of amides is 2. The first-order valence-electron chi connectivity index (χ1n) is 10.7. The highest BCUT2D eigenvalue weighted by Crippen LogP contribution is 2.32. The summed E-state index contributed by atoms with van der Waals surface area (Å²) in [6.07, 6.45) is 7.19.